The monoisotopic (exact) mass is 252 g/mol. The van der Waals surface area contributed by atoms with E-state index in [4.69, 9.17) is 11.6 Å². The maximum atomic E-state index is 10.7. The SMILES string of the molecule is CN1CC2CC2(c2ccc([N+](=O)[O-])c(Cl)c2)C1. The molecule has 1 saturated heterocycles. The van der Waals surface area contributed by atoms with Crippen LogP contribution in [0.3, 0.4) is 0 Å². The summed E-state index contributed by atoms with van der Waals surface area (Å²) in [6.45, 7) is 2.15. The zero-order valence-electron chi connectivity index (χ0n) is 9.52. The third-order valence-corrected chi connectivity index (χ3v) is 4.34. The lowest BCUT2D eigenvalue weighted by atomic mass is 9.95. The number of benzene rings is 1. The summed E-state index contributed by atoms with van der Waals surface area (Å²) in [5.41, 5.74) is 1.37. The number of likely N-dealkylation sites (tertiary alicyclic amines) is 1. The third-order valence-electron chi connectivity index (χ3n) is 4.04. The summed E-state index contributed by atoms with van der Waals surface area (Å²) in [6.07, 6.45) is 1.19. The summed E-state index contributed by atoms with van der Waals surface area (Å²) in [7, 11) is 2.11. The maximum absolute atomic E-state index is 10.7. The van der Waals surface area contributed by atoms with Gasteiger partial charge >= 0.3 is 0 Å². The van der Waals surface area contributed by atoms with Gasteiger partial charge in [-0.25, -0.2) is 0 Å². The quantitative estimate of drug-likeness (QED) is 0.600. The van der Waals surface area contributed by atoms with Crippen LogP contribution in [0.15, 0.2) is 18.2 Å². The van der Waals surface area contributed by atoms with Crippen molar-refractivity contribution in [2.45, 2.75) is 11.8 Å². The smallest absolute Gasteiger partial charge is 0.287 e. The molecule has 1 aliphatic carbocycles. The Bertz CT molecular complexity index is 505. The van der Waals surface area contributed by atoms with Crippen molar-refractivity contribution in [1.82, 2.24) is 4.90 Å². The molecule has 1 aromatic rings. The standard InChI is InChI=1S/C12H13ClN2O2/c1-14-6-9-5-12(9,7-14)8-2-3-11(15(16)17)10(13)4-8/h2-4,9H,5-7H2,1H3. The molecule has 1 saturated carbocycles. The van der Waals surface area contributed by atoms with Crippen LogP contribution in [-0.4, -0.2) is 30.0 Å². The molecule has 2 unspecified atom stereocenters. The molecule has 0 amide bonds. The summed E-state index contributed by atoms with van der Waals surface area (Å²) < 4.78 is 0. The Labute approximate surface area is 104 Å². The van der Waals surface area contributed by atoms with E-state index >= 15 is 0 Å². The number of rotatable bonds is 2. The molecular formula is C12H13ClN2O2. The number of nitrogens with zero attached hydrogens (tertiary/aromatic N) is 2. The molecule has 2 atom stereocenters. The molecule has 0 aromatic heterocycles. The normalized spacial score (nSPS) is 31.3. The van der Waals surface area contributed by atoms with Crippen LogP contribution in [0.4, 0.5) is 5.69 Å². The lowest BCUT2D eigenvalue weighted by Gasteiger charge is -2.16. The zero-order chi connectivity index (χ0) is 12.2. The molecule has 0 spiro atoms. The van der Waals surface area contributed by atoms with E-state index in [2.05, 4.69) is 11.9 Å². The second-order valence-electron chi connectivity index (χ2n) is 5.18. The van der Waals surface area contributed by atoms with E-state index in [1.807, 2.05) is 6.07 Å². The minimum Gasteiger partial charge on any atom is -0.305 e. The van der Waals surface area contributed by atoms with Gasteiger partial charge in [0, 0.05) is 24.6 Å². The molecule has 4 nitrogen and oxygen atoms in total. The highest BCUT2D eigenvalue weighted by Crippen LogP contribution is 2.59. The average molecular weight is 253 g/mol. The first kappa shape index (κ1) is 11.0. The van der Waals surface area contributed by atoms with Crippen molar-refractivity contribution < 1.29 is 4.92 Å². The highest BCUT2D eigenvalue weighted by atomic mass is 35.5. The molecule has 0 radical (unpaired) electrons. The predicted octanol–water partition coefficient (Wildman–Crippen LogP) is 2.45. The van der Waals surface area contributed by atoms with Crippen molar-refractivity contribution in [3.63, 3.8) is 0 Å². The molecule has 0 N–H and O–H groups in total. The van der Waals surface area contributed by atoms with E-state index in [1.165, 1.54) is 12.5 Å². The first-order chi connectivity index (χ1) is 8.03. The van der Waals surface area contributed by atoms with E-state index in [0.29, 0.717) is 5.92 Å². The van der Waals surface area contributed by atoms with Crippen LogP contribution in [0.1, 0.15) is 12.0 Å². The van der Waals surface area contributed by atoms with Gasteiger partial charge in [0.2, 0.25) is 0 Å². The average Bonchev–Trinajstić information content (AvgIpc) is 2.82. The van der Waals surface area contributed by atoms with Crippen LogP contribution in [-0.2, 0) is 5.41 Å². The Morgan fingerprint density at radius 3 is 2.88 bits per heavy atom. The number of halogens is 1. The number of hydrogen-bond donors (Lipinski definition) is 0. The minimum absolute atomic E-state index is 0.00429. The first-order valence-corrected chi connectivity index (χ1v) is 6.04. The van der Waals surface area contributed by atoms with Crippen molar-refractivity contribution in [2.75, 3.05) is 20.1 Å². The van der Waals surface area contributed by atoms with E-state index in [0.717, 1.165) is 18.7 Å². The van der Waals surface area contributed by atoms with Crippen LogP contribution in [0, 0.1) is 16.0 Å². The number of hydrogen-bond acceptors (Lipinski definition) is 3. The molecule has 1 aromatic carbocycles. The van der Waals surface area contributed by atoms with Gasteiger partial charge in [-0.1, -0.05) is 17.7 Å². The van der Waals surface area contributed by atoms with Crippen LogP contribution in [0.2, 0.25) is 5.02 Å². The van der Waals surface area contributed by atoms with E-state index < -0.39 is 4.92 Å². The van der Waals surface area contributed by atoms with Crippen molar-refractivity contribution in [3.05, 3.63) is 38.9 Å². The Kier molecular flexibility index (Phi) is 2.22. The maximum Gasteiger partial charge on any atom is 0.287 e. The minimum atomic E-state index is -0.436. The van der Waals surface area contributed by atoms with Gasteiger partial charge < -0.3 is 4.90 Å². The van der Waals surface area contributed by atoms with E-state index in [-0.39, 0.29) is 16.1 Å². The Balaban J connectivity index is 1.96. The van der Waals surface area contributed by atoms with Crippen molar-refractivity contribution >= 4 is 17.3 Å². The second-order valence-corrected chi connectivity index (χ2v) is 5.58. The van der Waals surface area contributed by atoms with Crippen molar-refractivity contribution in [2.24, 2.45) is 5.92 Å². The lowest BCUT2D eigenvalue weighted by molar-refractivity contribution is -0.384. The fraction of sp³-hybridized carbons (Fsp3) is 0.500. The Morgan fingerprint density at radius 2 is 2.35 bits per heavy atom. The molecule has 5 heteroatoms. The zero-order valence-corrected chi connectivity index (χ0v) is 10.3. The number of piperidine rings is 1. The molecule has 90 valence electrons. The Hall–Kier alpha value is -1.13. The molecular weight excluding hydrogens is 240 g/mol. The Morgan fingerprint density at radius 1 is 1.59 bits per heavy atom. The highest BCUT2D eigenvalue weighted by molar-refractivity contribution is 6.32. The summed E-state index contributed by atoms with van der Waals surface area (Å²) in [5.74, 6) is 0.699. The van der Waals surface area contributed by atoms with Gasteiger partial charge in [0.05, 0.1) is 4.92 Å². The van der Waals surface area contributed by atoms with Crippen LogP contribution >= 0.6 is 11.6 Å². The third kappa shape index (κ3) is 1.55. The summed E-state index contributed by atoms with van der Waals surface area (Å²) in [5, 5.41) is 11.0. The van der Waals surface area contributed by atoms with Gasteiger partial charge in [-0.3, -0.25) is 10.1 Å². The van der Waals surface area contributed by atoms with E-state index in [9.17, 15) is 10.1 Å². The van der Waals surface area contributed by atoms with Crippen LogP contribution < -0.4 is 0 Å². The molecule has 2 aliphatic rings. The van der Waals surface area contributed by atoms with E-state index in [1.54, 1.807) is 6.07 Å². The number of nitro benzene ring substituents is 1. The first-order valence-electron chi connectivity index (χ1n) is 5.66. The molecule has 1 heterocycles. The van der Waals surface area contributed by atoms with Crippen molar-refractivity contribution in [1.29, 1.82) is 0 Å². The molecule has 2 fully saturated rings. The van der Waals surface area contributed by atoms with Crippen molar-refractivity contribution in [3.8, 4) is 0 Å². The fourth-order valence-corrected chi connectivity index (χ4v) is 3.40. The second kappa shape index (κ2) is 3.43. The summed E-state index contributed by atoms with van der Waals surface area (Å²) in [6, 6.07) is 5.17. The number of fused-ring (bicyclic) bond motifs is 1. The fourth-order valence-electron chi connectivity index (χ4n) is 3.15. The molecule has 0 bridgehead atoms. The lowest BCUT2D eigenvalue weighted by Crippen LogP contribution is -2.22. The summed E-state index contributed by atoms with van der Waals surface area (Å²) >= 11 is 5.96. The predicted molar refractivity (Wildman–Crippen MR) is 65.4 cm³/mol. The van der Waals surface area contributed by atoms with Crippen LogP contribution in [0.5, 0.6) is 0 Å². The highest BCUT2D eigenvalue weighted by Gasteiger charge is 2.59. The molecule has 3 rings (SSSR count). The summed E-state index contributed by atoms with van der Waals surface area (Å²) in [4.78, 5) is 12.6. The van der Waals surface area contributed by atoms with Crippen LogP contribution in [0.25, 0.3) is 0 Å². The molecule has 1 aliphatic heterocycles. The topological polar surface area (TPSA) is 46.4 Å². The van der Waals surface area contributed by atoms with Gasteiger partial charge in [0.25, 0.3) is 5.69 Å². The molecule has 17 heavy (non-hydrogen) atoms. The van der Waals surface area contributed by atoms with Gasteiger partial charge in [-0.2, -0.15) is 0 Å². The van der Waals surface area contributed by atoms with Gasteiger partial charge in [0.1, 0.15) is 5.02 Å². The van der Waals surface area contributed by atoms with Gasteiger partial charge in [-0.05, 0) is 31.0 Å². The van der Waals surface area contributed by atoms with Gasteiger partial charge in [0.15, 0.2) is 0 Å². The van der Waals surface area contributed by atoms with Gasteiger partial charge in [-0.15, -0.1) is 0 Å². The number of nitro groups is 1. The largest absolute Gasteiger partial charge is 0.305 e. The number of likely N-dealkylation sites (N-methyl/N-ethyl adjacent to an activating group) is 1.